The first kappa shape index (κ1) is 21.0. The van der Waals surface area contributed by atoms with E-state index in [1.807, 2.05) is 6.07 Å². The van der Waals surface area contributed by atoms with Crippen LogP contribution in [0, 0.1) is 0 Å². The molecule has 30 heavy (non-hydrogen) atoms. The molecule has 4 rings (SSSR count). The van der Waals surface area contributed by atoms with Crippen LogP contribution in [0.1, 0.15) is 42.8 Å². The van der Waals surface area contributed by atoms with Crippen molar-refractivity contribution in [1.29, 1.82) is 0 Å². The first-order valence-electron chi connectivity index (χ1n) is 10.5. The van der Waals surface area contributed by atoms with Gasteiger partial charge in [0.15, 0.2) is 0 Å². The maximum Gasteiger partial charge on any atom is 0.242 e. The summed E-state index contributed by atoms with van der Waals surface area (Å²) in [7, 11) is 1.78. The molecule has 0 radical (unpaired) electrons. The van der Waals surface area contributed by atoms with Gasteiger partial charge in [0.1, 0.15) is 5.82 Å². The van der Waals surface area contributed by atoms with Gasteiger partial charge in [-0.25, -0.2) is 17.7 Å². The molecular weight excluding hydrogens is 396 g/mol. The minimum Gasteiger partial charge on any atom is -0.327 e. The van der Waals surface area contributed by atoms with Gasteiger partial charge >= 0.3 is 0 Å². The van der Waals surface area contributed by atoms with E-state index in [0.717, 1.165) is 42.8 Å². The molecule has 1 aromatic heterocycles. The molecule has 7 heteroatoms. The molecule has 0 bridgehead atoms. The Morgan fingerprint density at radius 2 is 1.90 bits per heavy atom. The number of rotatable bonds is 6. The standard InChI is InChI=1S/C23H30N4O2S/c1-5-27-22-14-13-18(30(28,29)25(2)3)15-20(22)24-23(27)16-26(4)21-12-8-10-17-9-6-7-11-19(17)21/h6-7,9,11,13-15,21H,5,8,10,12,16H2,1-4H3. The lowest BCUT2D eigenvalue weighted by molar-refractivity contribution is 0.206. The summed E-state index contributed by atoms with van der Waals surface area (Å²) in [6.07, 6.45) is 3.49. The monoisotopic (exact) mass is 426 g/mol. The Morgan fingerprint density at radius 3 is 2.63 bits per heavy atom. The van der Waals surface area contributed by atoms with Gasteiger partial charge in [0.2, 0.25) is 10.0 Å². The summed E-state index contributed by atoms with van der Waals surface area (Å²) in [6, 6.07) is 14.4. The van der Waals surface area contributed by atoms with Crippen molar-refractivity contribution in [2.24, 2.45) is 0 Å². The van der Waals surface area contributed by atoms with Crippen LogP contribution >= 0.6 is 0 Å². The fourth-order valence-corrected chi connectivity index (χ4v) is 5.45. The molecule has 0 spiro atoms. The average molecular weight is 427 g/mol. The van der Waals surface area contributed by atoms with Crippen molar-refractivity contribution in [3.63, 3.8) is 0 Å². The summed E-state index contributed by atoms with van der Waals surface area (Å²) in [5.74, 6) is 0.970. The normalized spacial score (nSPS) is 17.1. The van der Waals surface area contributed by atoms with Crippen LogP contribution in [0.25, 0.3) is 11.0 Å². The predicted molar refractivity (Wildman–Crippen MR) is 120 cm³/mol. The quantitative estimate of drug-likeness (QED) is 0.601. The molecule has 0 saturated heterocycles. The number of fused-ring (bicyclic) bond motifs is 2. The average Bonchev–Trinajstić information content (AvgIpc) is 3.09. The van der Waals surface area contributed by atoms with Crippen molar-refractivity contribution in [3.05, 3.63) is 59.4 Å². The van der Waals surface area contributed by atoms with Gasteiger partial charge in [-0.05, 0) is 62.6 Å². The Balaban J connectivity index is 1.68. The Kier molecular flexibility index (Phi) is 5.70. The number of imidazole rings is 1. The van der Waals surface area contributed by atoms with E-state index < -0.39 is 10.0 Å². The fourth-order valence-electron chi connectivity index (χ4n) is 4.52. The highest BCUT2D eigenvalue weighted by atomic mass is 32.2. The SMILES string of the molecule is CCn1c(CN(C)C2CCCc3ccccc32)nc2cc(S(=O)(=O)N(C)C)ccc21. The zero-order chi connectivity index (χ0) is 21.5. The lowest BCUT2D eigenvalue weighted by atomic mass is 9.87. The lowest BCUT2D eigenvalue weighted by Crippen LogP contribution is -2.28. The van der Waals surface area contributed by atoms with E-state index in [1.165, 1.54) is 21.9 Å². The number of sulfonamides is 1. The number of nitrogens with zero attached hydrogens (tertiary/aromatic N) is 4. The zero-order valence-corrected chi connectivity index (χ0v) is 19.0. The highest BCUT2D eigenvalue weighted by Crippen LogP contribution is 2.34. The van der Waals surface area contributed by atoms with Crippen LogP contribution in [0.15, 0.2) is 47.4 Å². The molecule has 0 N–H and O–H groups in total. The van der Waals surface area contributed by atoms with Gasteiger partial charge in [0, 0.05) is 26.7 Å². The van der Waals surface area contributed by atoms with Crippen molar-refractivity contribution in [2.45, 2.75) is 50.2 Å². The molecule has 1 aliphatic carbocycles. The van der Waals surface area contributed by atoms with Crippen LogP contribution in [0.2, 0.25) is 0 Å². The molecule has 2 aromatic carbocycles. The van der Waals surface area contributed by atoms with E-state index in [2.05, 4.69) is 47.7 Å². The Morgan fingerprint density at radius 1 is 1.13 bits per heavy atom. The third kappa shape index (κ3) is 3.66. The molecule has 0 fully saturated rings. The van der Waals surface area contributed by atoms with Crippen molar-refractivity contribution >= 4 is 21.1 Å². The molecular formula is C23H30N4O2S. The second-order valence-electron chi connectivity index (χ2n) is 8.23. The molecule has 1 heterocycles. The summed E-state index contributed by atoms with van der Waals surface area (Å²) in [5, 5.41) is 0. The largest absolute Gasteiger partial charge is 0.327 e. The molecule has 1 unspecified atom stereocenters. The summed E-state index contributed by atoms with van der Waals surface area (Å²) >= 11 is 0. The number of aryl methyl sites for hydroxylation is 2. The van der Waals surface area contributed by atoms with Gasteiger partial charge in [-0.2, -0.15) is 0 Å². The highest BCUT2D eigenvalue weighted by molar-refractivity contribution is 7.89. The molecule has 1 atom stereocenters. The number of aromatic nitrogens is 2. The molecule has 0 saturated carbocycles. The van der Waals surface area contributed by atoms with Gasteiger partial charge in [-0.1, -0.05) is 24.3 Å². The minimum atomic E-state index is -3.48. The van der Waals surface area contributed by atoms with Gasteiger partial charge in [0.05, 0.1) is 22.5 Å². The van der Waals surface area contributed by atoms with Crippen LogP contribution in [0.4, 0.5) is 0 Å². The van der Waals surface area contributed by atoms with Gasteiger partial charge < -0.3 is 4.57 Å². The van der Waals surface area contributed by atoms with E-state index in [-0.39, 0.29) is 4.90 Å². The molecule has 1 aliphatic rings. The van der Waals surface area contributed by atoms with Gasteiger partial charge in [-0.3, -0.25) is 4.90 Å². The second kappa shape index (κ2) is 8.13. The van der Waals surface area contributed by atoms with Crippen molar-refractivity contribution in [2.75, 3.05) is 21.1 Å². The maximum absolute atomic E-state index is 12.5. The summed E-state index contributed by atoms with van der Waals surface area (Å²) in [5.41, 5.74) is 4.57. The van der Waals surface area contributed by atoms with E-state index in [0.29, 0.717) is 6.04 Å². The van der Waals surface area contributed by atoms with Crippen molar-refractivity contribution in [3.8, 4) is 0 Å². The molecule has 3 aromatic rings. The van der Waals surface area contributed by atoms with E-state index in [1.54, 1.807) is 26.2 Å². The highest BCUT2D eigenvalue weighted by Gasteiger charge is 2.25. The Bertz CT molecular complexity index is 1170. The topological polar surface area (TPSA) is 58.4 Å². The van der Waals surface area contributed by atoms with Gasteiger partial charge in [0.25, 0.3) is 0 Å². The maximum atomic E-state index is 12.5. The first-order valence-corrected chi connectivity index (χ1v) is 12.0. The van der Waals surface area contributed by atoms with Crippen LogP contribution in [-0.4, -0.2) is 48.3 Å². The van der Waals surface area contributed by atoms with Crippen molar-refractivity contribution in [1.82, 2.24) is 18.8 Å². The van der Waals surface area contributed by atoms with Crippen molar-refractivity contribution < 1.29 is 8.42 Å². The first-order chi connectivity index (χ1) is 14.3. The Hall–Kier alpha value is -2.22. The number of benzene rings is 2. The zero-order valence-electron chi connectivity index (χ0n) is 18.2. The molecule has 6 nitrogen and oxygen atoms in total. The van der Waals surface area contributed by atoms with E-state index in [9.17, 15) is 8.42 Å². The molecule has 0 aliphatic heterocycles. The van der Waals surface area contributed by atoms with Crippen LogP contribution < -0.4 is 0 Å². The molecule has 160 valence electrons. The second-order valence-corrected chi connectivity index (χ2v) is 10.4. The van der Waals surface area contributed by atoms with Crippen LogP contribution in [-0.2, 0) is 29.5 Å². The lowest BCUT2D eigenvalue weighted by Gasteiger charge is -2.33. The number of hydrogen-bond donors (Lipinski definition) is 0. The van der Waals surface area contributed by atoms with Gasteiger partial charge in [-0.15, -0.1) is 0 Å². The third-order valence-electron chi connectivity index (χ3n) is 6.15. The predicted octanol–water partition coefficient (Wildman–Crippen LogP) is 3.82. The van der Waals surface area contributed by atoms with Crippen LogP contribution in [0.3, 0.4) is 0 Å². The summed E-state index contributed by atoms with van der Waals surface area (Å²) < 4.78 is 28.5. The summed E-state index contributed by atoms with van der Waals surface area (Å²) in [6.45, 7) is 3.61. The van der Waals surface area contributed by atoms with E-state index in [4.69, 9.17) is 4.98 Å². The molecule has 0 amide bonds. The third-order valence-corrected chi connectivity index (χ3v) is 7.97. The minimum absolute atomic E-state index is 0.280. The van der Waals surface area contributed by atoms with Crippen LogP contribution in [0.5, 0.6) is 0 Å². The summed E-state index contributed by atoms with van der Waals surface area (Å²) in [4.78, 5) is 7.50. The Labute approximate surface area is 179 Å². The smallest absolute Gasteiger partial charge is 0.242 e. The number of hydrogen-bond acceptors (Lipinski definition) is 4. The fraction of sp³-hybridized carbons (Fsp3) is 0.435. The van der Waals surface area contributed by atoms with E-state index >= 15 is 0 Å².